The van der Waals surface area contributed by atoms with Crippen LogP contribution in [0.5, 0.6) is 0 Å². The second-order valence-corrected chi connectivity index (χ2v) is 6.39. The average molecular weight is 313 g/mol. The normalized spacial score (nSPS) is 23.9. The lowest BCUT2D eigenvalue weighted by Gasteiger charge is -2.24. The molecule has 2 aliphatic rings. The van der Waals surface area contributed by atoms with E-state index in [-0.39, 0.29) is 23.9 Å². The first-order valence-corrected chi connectivity index (χ1v) is 8.25. The van der Waals surface area contributed by atoms with Crippen LogP contribution in [0.25, 0.3) is 0 Å². The van der Waals surface area contributed by atoms with Gasteiger partial charge in [0.15, 0.2) is 0 Å². The van der Waals surface area contributed by atoms with Crippen LogP contribution < -0.4 is 4.90 Å². The van der Waals surface area contributed by atoms with Gasteiger partial charge < -0.3 is 9.80 Å². The van der Waals surface area contributed by atoms with Crippen molar-refractivity contribution >= 4 is 28.8 Å². The molecule has 0 saturated carbocycles. The van der Waals surface area contributed by atoms with Crippen LogP contribution in [0.15, 0.2) is 41.4 Å². The van der Waals surface area contributed by atoms with Gasteiger partial charge in [-0.2, -0.15) is 11.3 Å². The molecule has 2 fully saturated rings. The van der Waals surface area contributed by atoms with Crippen LogP contribution in [0.1, 0.15) is 23.2 Å². The predicted octanol–water partition coefficient (Wildman–Crippen LogP) is 2.16. The molecule has 2 aliphatic heterocycles. The highest BCUT2D eigenvalue weighted by atomic mass is 32.1. The highest BCUT2D eigenvalue weighted by molar-refractivity contribution is 7.08. The maximum atomic E-state index is 12.6. The molecule has 2 saturated heterocycles. The first-order chi connectivity index (χ1) is 10.8. The third-order valence-corrected chi connectivity index (χ3v) is 5.12. The van der Waals surface area contributed by atoms with Crippen molar-refractivity contribution in [3.05, 3.63) is 46.9 Å². The smallest absolute Gasteiger partial charge is 0.255 e. The second-order valence-electron chi connectivity index (χ2n) is 5.61. The molecular weight excluding hydrogens is 298 g/mol. The largest absolute Gasteiger partial charge is 0.333 e. The summed E-state index contributed by atoms with van der Waals surface area (Å²) in [5.41, 5.74) is 1.54. The molecule has 4 rings (SSSR count). The van der Waals surface area contributed by atoms with Crippen LogP contribution in [0.4, 0.5) is 5.69 Å². The Morgan fingerprint density at radius 3 is 2.95 bits per heavy atom. The van der Waals surface area contributed by atoms with Crippen molar-refractivity contribution in [1.82, 2.24) is 9.88 Å². The number of thiophene rings is 1. The number of nitrogens with zero attached hydrogens (tertiary/aromatic N) is 3. The molecule has 112 valence electrons. The van der Waals surface area contributed by atoms with Gasteiger partial charge in [-0.3, -0.25) is 14.6 Å². The van der Waals surface area contributed by atoms with Gasteiger partial charge in [0.2, 0.25) is 5.91 Å². The zero-order valence-electron chi connectivity index (χ0n) is 11.9. The molecule has 22 heavy (non-hydrogen) atoms. The van der Waals surface area contributed by atoms with Gasteiger partial charge in [0.1, 0.15) is 0 Å². The lowest BCUT2D eigenvalue weighted by molar-refractivity contribution is -0.117. The minimum atomic E-state index is -0.0277. The Bertz CT molecular complexity index is 701. The average Bonchev–Trinajstić information content (AvgIpc) is 3.24. The van der Waals surface area contributed by atoms with Crippen LogP contribution in [0.2, 0.25) is 0 Å². The third kappa shape index (κ3) is 2.02. The molecule has 4 heterocycles. The van der Waals surface area contributed by atoms with E-state index in [1.807, 2.05) is 26.6 Å². The Morgan fingerprint density at radius 1 is 1.32 bits per heavy atom. The molecule has 2 aromatic heterocycles. The fraction of sp³-hybridized carbons (Fsp3) is 0.312. The van der Waals surface area contributed by atoms with E-state index in [2.05, 4.69) is 4.98 Å². The number of hydrogen-bond acceptors (Lipinski definition) is 4. The van der Waals surface area contributed by atoms with Gasteiger partial charge in [-0.05, 0) is 30.0 Å². The van der Waals surface area contributed by atoms with Crippen LogP contribution in [-0.4, -0.2) is 40.3 Å². The highest BCUT2D eigenvalue weighted by Gasteiger charge is 2.49. The van der Waals surface area contributed by atoms with E-state index < -0.39 is 0 Å². The van der Waals surface area contributed by atoms with Crippen molar-refractivity contribution < 1.29 is 9.59 Å². The molecule has 6 heteroatoms. The molecule has 2 atom stereocenters. The van der Waals surface area contributed by atoms with Crippen molar-refractivity contribution in [3.8, 4) is 0 Å². The van der Waals surface area contributed by atoms with Gasteiger partial charge in [0, 0.05) is 30.7 Å². The fourth-order valence-electron chi connectivity index (χ4n) is 3.48. The number of aromatic nitrogens is 1. The molecule has 0 aromatic carbocycles. The molecular formula is C16H15N3O2S. The van der Waals surface area contributed by atoms with Crippen LogP contribution >= 0.6 is 11.3 Å². The third-order valence-electron chi connectivity index (χ3n) is 4.45. The second kappa shape index (κ2) is 5.21. The number of carbonyl (C=O) groups excluding carboxylic acids is 2. The molecule has 0 bridgehead atoms. The summed E-state index contributed by atoms with van der Waals surface area (Å²) in [6.45, 7) is 0.691. The maximum Gasteiger partial charge on any atom is 0.255 e. The van der Waals surface area contributed by atoms with Crippen molar-refractivity contribution in [3.63, 3.8) is 0 Å². The summed E-state index contributed by atoms with van der Waals surface area (Å²) in [5, 5.41) is 3.97. The lowest BCUT2D eigenvalue weighted by atomic mass is 10.1. The van der Waals surface area contributed by atoms with Gasteiger partial charge >= 0.3 is 0 Å². The van der Waals surface area contributed by atoms with Crippen LogP contribution in [-0.2, 0) is 4.79 Å². The summed E-state index contributed by atoms with van der Waals surface area (Å²) in [6.07, 6.45) is 4.48. The molecule has 0 spiro atoms. The molecule has 0 unspecified atom stereocenters. The van der Waals surface area contributed by atoms with E-state index in [1.54, 1.807) is 35.9 Å². The Labute approximate surface area is 132 Å². The van der Waals surface area contributed by atoms with Gasteiger partial charge in [0.05, 0.1) is 23.3 Å². The number of amides is 2. The fourth-order valence-corrected chi connectivity index (χ4v) is 4.11. The zero-order valence-corrected chi connectivity index (χ0v) is 12.7. The summed E-state index contributed by atoms with van der Waals surface area (Å²) >= 11 is 1.58. The first-order valence-electron chi connectivity index (χ1n) is 7.31. The number of likely N-dealkylation sites (tertiary alicyclic amines) is 1. The minimum Gasteiger partial charge on any atom is -0.333 e. The Morgan fingerprint density at radius 2 is 2.23 bits per heavy atom. The van der Waals surface area contributed by atoms with Crippen molar-refractivity contribution in [2.45, 2.75) is 24.9 Å². The molecule has 5 nitrogen and oxygen atoms in total. The van der Waals surface area contributed by atoms with Gasteiger partial charge in [-0.1, -0.05) is 0 Å². The predicted molar refractivity (Wildman–Crippen MR) is 83.9 cm³/mol. The molecule has 2 aromatic rings. The van der Waals surface area contributed by atoms with Crippen molar-refractivity contribution in [2.24, 2.45) is 0 Å². The van der Waals surface area contributed by atoms with Crippen LogP contribution in [0, 0.1) is 0 Å². The summed E-state index contributed by atoms with van der Waals surface area (Å²) in [6, 6.07) is 5.58. The van der Waals surface area contributed by atoms with E-state index in [9.17, 15) is 9.59 Å². The quantitative estimate of drug-likeness (QED) is 0.854. The number of anilines is 1. The number of fused-ring (bicyclic) bond motifs is 1. The molecule has 0 N–H and O–H groups in total. The van der Waals surface area contributed by atoms with E-state index in [4.69, 9.17) is 0 Å². The summed E-state index contributed by atoms with van der Waals surface area (Å²) in [4.78, 5) is 32.7. The number of rotatable bonds is 2. The molecule has 0 aliphatic carbocycles. The maximum absolute atomic E-state index is 12.6. The van der Waals surface area contributed by atoms with E-state index >= 15 is 0 Å². The van der Waals surface area contributed by atoms with Crippen molar-refractivity contribution in [1.29, 1.82) is 0 Å². The SMILES string of the molecule is O=C(c1cccnc1)N1CC[C@@H]2[C@@H]1CC(=O)N2c1ccsc1. The number of hydrogen-bond donors (Lipinski definition) is 0. The Hall–Kier alpha value is -2.21. The Balaban J connectivity index is 1.60. The van der Waals surface area contributed by atoms with Gasteiger partial charge in [-0.25, -0.2) is 0 Å². The van der Waals surface area contributed by atoms with Crippen molar-refractivity contribution in [2.75, 3.05) is 11.4 Å². The number of pyridine rings is 1. The van der Waals surface area contributed by atoms with Gasteiger partial charge in [-0.15, -0.1) is 0 Å². The highest BCUT2D eigenvalue weighted by Crippen LogP contribution is 2.37. The molecule has 0 radical (unpaired) electrons. The van der Waals surface area contributed by atoms with Crippen LogP contribution in [0.3, 0.4) is 0 Å². The first kappa shape index (κ1) is 13.5. The minimum absolute atomic E-state index is 0.0273. The standard InChI is InChI=1S/C16H15N3O2S/c20-15-8-14-13(19(15)12-4-7-22-10-12)3-6-18(14)16(21)11-2-1-5-17-9-11/h1-2,4-5,7,9-10,13-14H,3,6,8H2/t13-,14+/m1/s1. The van der Waals surface area contributed by atoms with Gasteiger partial charge in [0.25, 0.3) is 5.91 Å². The van der Waals surface area contributed by atoms with E-state index in [1.165, 1.54) is 0 Å². The topological polar surface area (TPSA) is 53.5 Å². The van der Waals surface area contributed by atoms with E-state index in [0.29, 0.717) is 18.5 Å². The van der Waals surface area contributed by atoms with E-state index in [0.717, 1.165) is 12.1 Å². The number of carbonyl (C=O) groups is 2. The summed E-state index contributed by atoms with van der Waals surface area (Å²) < 4.78 is 0. The summed E-state index contributed by atoms with van der Waals surface area (Å²) in [5.74, 6) is 0.0812. The monoisotopic (exact) mass is 313 g/mol. The zero-order chi connectivity index (χ0) is 15.1. The Kier molecular flexibility index (Phi) is 3.18. The lowest BCUT2D eigenvalue weighted by Crippen LogP contribution is -2.39. The summed E-state index contributed by atoms with van der Waals surface area (Å²) in [7, 11) is 0. The molecule has 2 amide bonds.